The van der Waals surface area contributed by atoms with Crippen molar-refractivity contribution in [2.45, 2.75) is 19.6 Å². The summed E-state index contributed by atoms with van der Waals surface area (Å²) in [4.78, 5) is 12.6. The van der Waals surface area contributed by atoms with Crippen LogP contribution in [0, 0.1) is 0 Å². The molecule has 0 saturated heterocycles. The van der Waals surface area contributed by atoms with Crippen molar-refractivity contribution in [1.82, 2.24) is 5.32 Å². The molecule has 152 valence electrons. The number of hydrogen-bond donors (Lipinski definition) is 1. The van der Waals surface area contributed by atoms with Crippen LogP contribution in [0.25, 0.3) is 10.8 Å². The van der Waals surface area contributed by atoms with Crippen LogP contribution in [-0.2, 0) is 11.3 Å². The molecule has 1 amide bonds. The molecule has 29 heavy (non-hydrogen) atoms. The Morgan fingerprint density at radius 1 is 0.897 bits per heavy atom. The van der Waals surface area contributed by atoms with E-state index in [2.05, 4.69) is 5.32 Å². The van der Waals surface area contributed by atoms with E-state index in [1.54, 1.807) is 40.4 Å². The Kier molecular flexibility index (Phi) is 6.44. The van der Waals surface area contributed by atoms with Gasteiger partial charge in [-0.25, -0.2) is 0 Å². The number of fused-ring (bicyclic) bond motifs is 1. The Morgan fingerprint density at radius 2 is 1.55 bits per heavy atom. The van der Waals surface area contributed by atoms with Gasteiger partial charge in [0.15, 0.2) is 17.6 Å². The Balaban J connectivity index is 1.69. The van der Waals surface area contributed by atoms with E-state index in [9.17, 15) is 4.79 Å². The Morgan fingerprint density at radius 3 is 2.21 bits per heavy atom. The second-order valence-electron chi connectivity index (χ2n) is 6.49. The third-order valence-electron chi connectivity index (χ3n) is 4.61. The summed E-state index contributed by atoms with van der Waals surface area (Å²) in [7, 11) is 4.66. The summed E-state index contributed by atoms with van der Waals surface area (Å²) < 4.78 is 21.9. The minimum absolute atomic E-state index is 0.216. The minimum atomic E-state index is -0.650. The molecule has 0 heterocycles. The number of carbonyl (C=O) groups excluding carboxylic acids is 1. The topological polar surface area (TPSA) is 66.0 Å². The predicted octanol–water partition coefficient (Wildman–Crippen LogP) is 3.95. The molecule has 1 N–H and O–H groups in total. The van der Waals surface area contributed by atoms with Crippen molar-refractivity contribution in [3.63, 3.8) is 0 Å². The van der Waals surface area contributed by atoms with Crippen molar-refractivity contribution >= 4 is 16.7 Å². The van der Waals surface area contributed by atoms with Crippen LogP contribution in [0.5, 0.6) is 23.0 Å². The lowest BCUT2D eigenvalue weighted by Crippen LogP contribution is -2.35. The summed E-state index contributed by atoms with van der Waals surface area (Å²) in [5.74, 6) is 2.05. The second kappa shape index (κ2) is 9.19. The number of amides is 1. The summed E-state index contributed by atoms with van der Waals surface area (Å²) in [5, 5.41) is 4.93. The molecule has 0 saturated carbocycles. The number of carbonyl (C=O) groups is 1. The molecule has 0 aliphatic carbocycles. The summed E-state index contributed by atoms with van der Waals surface area (Å²) in [6.45, 7) is 2.03. The second-order valence-corrected chi connectivity index (χ2v) is 6.49. The molecule has 0 fully saturated rings. The van der Waals surface area contributed by atoms with Gasteiger partial charge in [0.05, 0.1) is 21.3 Å². The van der Waals surface area contributed by atoms with Crippen molar-refractivity contribution in [3.05, 3.63) is 60.2 Å². The molecule has 0 aromatic heterocycles. The van der Waals surface area contributed by atoms with E-state index in [0.717, 1.165) is 16.3 Å². The van der Waals surface area contributed by atoms with Gasteiger partial charge in [-0.05, 0) is 36.1 Å². The van der Waals surface area contributed by atoms with E-state index >= 15 is 0 Å². The highest BCUT2D eigenvalue weighted by atomic mass is 16.5. The number of hydrogen-bond acceptors (Lipinski definition) is 5. The van der Waals surface area contributed by atoms with Gasteiger partial charge in [0, 0.05) is 11.9 Å². The largest absolute Gasteiger partial charge is 0.493 e. The summed E-state index contributed by atoms with van der Waals surface area (Å²) >= 11 is 0. The normalized spacial score (nSPS) is 11.6. The fraction of sp³-hybridized carbons (Fsp3) is 0.261. The highest BCUT2D eigenvalue weighted by Crippen LogP contribution is 2.38. The smallest absolute Gasteiger partial charge is 0.261 e. The third kappa shape index (κ3) is 4.54. The Bertz CT molecular complexity index is 971. The van der Waals surface area contributed by atoms with Gasteiger partial charge in [0.2, 0.25) is 5.75 Å². The number of ether oxygens (including phenoxy) is 4. The van der Waals surface area contributed by atoms with Crippen molar-refractivity contribution < 1.29 is 23.7 Å². The molecule has 0 aliphatic rings. The van der Waals surface area contributed by atoms with Gasteiger partial charge in [0.1, 0.15) is 5.75 Å². The van der Waals surface area contributed by atoms with Crippen LogP contribution in [0.15, 0.2) is 54.6 Å². The molecular weight excluding hydrogens is 370 g/mol. The fourth-order valence-corrected chi connectivity index (χ4v) is 3.11. The van der Waals surface area contributed by atoms with Gasteiger partial charge in [-0.15, -0.1) is 0 Å². The predicted molar refractivity (Wildman–Crippen MR) is 112 cm³/mol. The molecule has 0 aliphatic heterocycles. The van der Waals surface area contributed by atoms with Crippen LogP contribution in [0.2, 0.25) is 0 Å². The highest BCUT2D eigenvalue weighted by molar-refractivity contribution is 5.89. The van der Waals surface area contributed by atoms with Crippen molar-refractivity contribution in [3.8, 4) is 23.0 Å². The molecule has 3 aromatic carbocycles. The van der Waals surface area contributed by atoms with Crippen LogP contribution in [0.1, 0.15) is 12.5 Å². The Hall–Kier alpha value is -3.41. The molecule has 0 spiro atoms. The van der Waals surface area contributed by atoms with Gasteiger partial charge < -0.3 is 24.3 Å². The zero-order chi connectivity index (χ0) is 20.8. The van der Waals surface area contributed by atoms with E-state index in [1.165, 1.54) is 0 Å². The molecule has 6 nitrogen and oxygen atoms in total. The zero-order valence-corrected chi connectivity index (χ0v) is 17.0. The van der Waals surface area contributed by atoms with E-state index in [-0.39, 0.29) is 5.91 Å². The standard InChI is InChI=1S/C23H25NO5/c1-15(29-19-11-7-9-17-8-5-6-10-18(17)19)23(25)24-14-16-12-20(26-2)22(28-4)21(13-16)27-3/h5-13,15H,14H2,1-4H3,(H,24,25). The minimum Gasteiger partial charge on any atom is -0.493 e. The van der Waals surface area contributed by atoms with Gasteiger partial charge >= 0.3 is 0 Å². The molecule has 1 unspecified atom stereocenters. The zero-order valence-electron chi connectivity index (χ0n) is 17.0. The number of rotatable bonds is 8. The van der Waals surface area contributed by atoms with Gasteiger partial charge in [-0.1, -0.05) is 36.4 Å². The van der Waals surface area contributed by atoms with Crippen LogP contribution in [0.4, 0.5) is 0 Å². The Labute approximate surface area is 170 Å². The van der Waals surface area contributed by atoms with Gasteiger partial charge in [0.25, 0.3) is 5.91 Å². The van der Waals surface area contributed by atoms with E-state index in [4.69, 9.17) is 18.9 Å². The van der Waals surface area contributed by atoms with E-state index in [0.29, 0.717) is 29.5 Å². The first-order valence-electron chi connectivity index (χ1n) is 9.28. The quantitative estimate of drug-likeness (QED) is 0.626. The molecule has 6 heteroatoms. The summed E-state index contributed by atoms with van der Waals surface area (Å²) in [6.07, 6.45) is -0.650. The number of nitrogens with one attached hydrogen (secondary N) is 1. The third-order valence-corrected chi connectivity index (χ3v) is 4.61. The lowest BCUT2D eigenvalue weighted by molar-refractivity contribution is -0.127. The average Bonchev–Trinajstić information content (AvgIpc) is 2.76. The number of methoxy groups -OCH3 is 3. The maximum Gasteiger partial charge on any atom is 0.261 e. The van der Waals surface area contributed by atoms with E-state index < -0.39 is 6.10 Å². The van der Waals surface area contributed by atoms with Crippen molar-refractivity contribution in [2.24, 2.45) is 0 Å². The first-order chi connectivity index (χ1) is 14.1. The van der Waals surface area contributed by atoms with E-state index in [1.807, 2.05) is 42.5 Å². The van der Waals surface area contributed by atoms with Crippen LogP contribution in [0.3, 0.4) is 0 Å². The highest BCUT2D eigenvalue weighted by Gasteiger charge is 2.17. The van der Waals surface area contributed by atoms with Crippen molar-refractivity contribution in [1.29, 1.82) is 0 Å². The molecule has 3 rings (SSSR count). The summed E-state index contributed by atoms with van der Waals surface area (Å²) in [5.41, 5.74) is 0.824. The summed E-state index contributed by atoms with van der Waals surface area (Å²) in [6, 6.07) is 17.3. The molecular formula is C23H25NO5. The fourth-order valence-electron chi connectivity index (χ4n) is 3.11. The van der Waals surface area contributed by atoms with Crippen LogP contribution in [-0.4, -0.2) is 33.3 Å². The maximum absolute atomic E-state index is 12.6. The lowest BCUT2D eigenvalue weighted by atomic mass is 10.1. The maximum atomic E-state index is 12.6. The lowest BCUT2D eigenvalue weighted by Gasteiger charge is -2.17. The van der Waals surface area contributed by atoms with Crippen LogP contribution >= 0.6 is 0 Å². The molecule has 0 radical (unpaired) electrons. The first kappa shape index (κ1) is 20.3. The monoisotopic (exact) mass is 395 g/mol. The number of benzene rings is 3. The molecule has 3 aromatic rings. The SMILES string of the molecule is COc1cc(CNC(=O)C(C)Oc2cccc3ccccc23)cc(OC)c1OC. The molecule has 1 atom stereocenters. The van der Waals surface area contributed by atoms with Crippen molar-refractivity contribution in [2.75, 3.05) is 21.3 Å². The van der Waals surface area contributed by atoms with Gasteiger partial charge in [-0.3, -0.25) is 4.79 Å². The van der Waals surface area contributed by atoms with Gasteiger partial charge in [-0.2, -0.15) is 0 Å². The first-order valence-corrected chi connectivity index (χ1v) is 9.28. The molecule has 0 bridgehead atoms. The van der Waals surface area contributed by atoms with Crippen LogP contribution < -0.4 is 24.3 Å². The average molecular weight is 395 g/mol.